The van der Waals surface area contributed by atoms with Crippen LogP contribution in [0.25, 0.3) is 27.8 Å². The molecular formula is C25H24N2O3. The number of benzene rings is 2. The standard InChI is InChI=1S/C25H24N2O3/c1-4-29-25(28)16-30-23-15-14-20(19-8-5-6-9-21(19)23)22-10-7-11-24(26-22)27-17(2)12-13-18(27)3/h5-15H,4,16H2,1-3H3. The van der Waals surface area contributed by atoms with Crippen molar-refractivity contribution in [1.82, 2.24) is 9.55 Å². The summed E-state index contributed by atoms with van der Waals surface area (Å²) in [6, 6.07) is 22.1. The molecule has 0 aliphatic carbocycles. The molecule has 0 unspecified atom stereocenters. The highest BCUT2D eigenvalue weighted by atomic mass is 16.6. The summed E-state index contributed by atoms with van der Waals surface area (Å²) in [5, 5.41) is 1.95. The van der Waals surface area contributed by atoms with Gasteiger partial charge in [0.05, 0.1) is 12.3 Å². The predicted molar refractivity (Wildman–Crippen MR) is 118 cm³/mol. The minimum absolute atomic E-state index is 0.114. The van der Waals surface area contributed by atoms with Gasteiger partial charge in [-0.3, -0.25) is 0 Å². The van der Waals surface area contributed by atoms with Crippen LogP contribution in [0.3, 0.4) is 0 Å². The summed E-state index contributed by atoms with van der Waals surface area (Å²) in [7, 11) is 0. The number of rotatable bonds is 6. The minimum atomic E-state index is -0.377. The first-order valence-corrected chi connectivity index (χ1v) is 10.0. The predicted octanol–water partition coefficient (Wildman–Crippen LogP) is 5.25. The monoisotopic (exact) mass is 400 g/mol. The van der Waals surface area contributed by atoms with Gasteiger partial charge in [-0.1, -0.05) is 30.3 Å². The number of hydrogen-bond acceptors (Lipinski definition) is 4. The van der Waals surface area contributed by atoms with Gasteiger partial charge >= 0.3 is 5.97 Å². The number of nitrogens with zero attached hydrogens (tertiary/aromatic N) is 2. The molecule has 0 bridgehead atoms. The SMILES string of the molecule is CCOC(=O)COc1ccc(-c2cccc(-n3c(C)ccc3C)n2)c2ccccc12. The highest BCUT2D eigenvalue weighted by Gasteiger charge is 2.13. The summed E-state index contributed by atoms with van der Waals surface area (Å²) in [6.45, 7) is 6.15. The van der Waals surface area contributed by atoms with E-state index in [1.165, 1.54) is 0 Å². The van der Waals surface area contributed by atoms with Crippen LogP contribution in [0.5, 0.6) is 5.75 Å². The van der Waals surface area contributed by atoms with Crippen molar-refractivity contribution in [2.75, 3.05) is 13.2 Å². The molecule has 0 atom stereocenters. The van der Waals surface area contributed by atoms with Crippen molar-refractivity contribution in [3.8, 4) is 22.8 Å². The summed E-state index contributed by atoms with van der Waals surface area (Å²) >= 11 is 0. The van der Waals surface area contributed by atoms with Crippen LogP contribution in [0.2, 0.25) is 0 Å². The van der Waals surface area contributed by atoms with Crippen LogP contribution in [0.1, 0.15) is 18.3 Å². The van der Waals surface area contributed by atoms with Crippen molar-refractivity contribution in [2.45, 2.75) is 20.8 Å². The number of pyridine rings is 1. The molecule has 4 aromatic rings. The summed E-state index contributed by atoms with van der Waals surface area (Å²) in [5.74, 6) is 1.16. The van der Waals surface area contributed by atoms with E-state index in [0.717, 1.165) is 39.2 Å². The smallest absolute Gasteiger partial charge is 0.344 e. The Morgan fingerprint density at radius 1 is 0.900 bits per heavy atom. The first kappa shape index (κ1) is 19.7. The molecule has 0 saturated heterocycles. The normalized spacial score (nSPS) is 10.9. The van der Waals surface area contributed by atoms with E-state index in [4.69, 9.17) is 14.5 Å². The maximum atomic E-state index is 11.7. The van der Waals surface area contributed by atoms with Gasteiger partial charge < -0.3 is 14.0 Å². The van der Waals surface area contributed by atoms with Gasteiger partial charge in [-0.15, -0.1) is 0 Å². The van der Waals surface area contributed by atoms with Crippen LogP contribution in [0.15, 0.2) is 66.7 Å². The number of aryl methyl sites for hydroxylation is 2. The highest BCUT2D eigenvalue weighted by molar-refractivity contribution is 5.99. The summed E-state index contributed by atoms with van der Waals surface area (Å²) < 4.78 is 12.8. The average Bonchev–Trinajstić information content (AvgIpc) is 3.10. The summed E-state index contributed by atoms with van der Waals surface area (Å²) in [5.41, 5.74) is 4.18. The lowest BCUT2D eigenvalue weighted by Gasteiger charge is -2.14. The molecule has 0 spiro atoms. The fourth-order valence-electron chi connectivity index (χ4n) is 3.69. The zero-order valence-corrected chi connectivity index (χ0v) is 17.4. The van der Waals surface area contributed by atoms with Crippen LogP contribution in [-0.2, 0) is 9.53 Å². The average molecular weight is 400 g/mol. The Balaban J connectivity index is 1.75. The molecule has 0 radical (unpaired) electrons. The van der Waals surface area contributed by atoms with Crippen LogP contribution in [0, 0.1) is 13.8 Å². The molecule has 0 aliphatic heterocycles. The van der Waals surface area contributed by atoms with E-state index in [1.807, 2.05) is 54.6 Å². The maximum Gasteiger partial charge on any atom is 0.344 e. The number of fused-ring (bicyclic) bond motifs is 1. The zero-order valence-electron chi connectivity index (χ0n) is 17.4. The maximum absolute atomic E-state index is 11.7. The van der Waals surface area contributed by atoms with Crippen molar-refractivity contribution < 1.29 is 14.3 Å². The second-order valence-electron chi connectivity index (χ2n) is 7.08. The third-order valence-electron chi connectivity index (χ3n) is 5.05. The van der Waals surface area contributed by atoms with E-state index in [-0.39, 0.29) is 12.6 Å². The topological polar surface area (TPSA) is 53.4 Å². The van der Waals surface area contributed by atoms with Gasteiger partial charge in [0.15, 0.2) is 6.61 Å². The fourth-order valence-corrected chi connectivity index (χ4v) is 3.69. The number of carbonyl (C=O) groups is 1. The van der Waals surface area contributed by atoms with Crippen molar-refractivity contribution in [3.63, 3.8) is 0 Å². The third kappa shape index (κ3) is 3.79. The van der Waals surface area contributed by atoms with Crippen molar-refractivity contribution >= 4 is 16.7 Å². The molecule has 5 heteroatoms. The molecular weight excluding hydrogens is 376 g/mol. The van der Waals surface area contributed by atoms with E-state index in [0.29, 0.717) is 12.4 Å². The second kappa shape index (κ2) is 8.41. The molecule has 0 fully saturated rings. The van der Waals surface area contributed by atoms with Crippen molar-refractivity contribution in [1.29, 1.82) is 0 Å². The van der Waals surface area contributed by atoms with E-state index in [9.17, 15) is 4.79 Å². The fraction of sp³-hybridized carbons (Fsp3) is 0.200. The van der Waals surface area contributed by atoms with Crippen molar-refractivity contribution in [3.05, 3.63) is 78.1 Å². The Bertz CT molecular complexity index is 1190. The second-order valence-corrected chi connectivity index (χ2v) is 7.08. The Hall–Kier alpha value is -3.60. The lowest BCUT2D eigenvalue weighted by Crippen LogP contribution is -2.14. The third-order valence-corrected chi connectivity index (χ3v) is 5.05. The van der Waals surface area contributed by atoms with Gasteiger partial charge in [0, 0.05) is 22.3 Å². The van der Waals surface area contributed by atoms with Gasteiger partial charge in [-0.25, -0.2) is 9.78 Å². The van der Waals surface area contributed by atoms with E-state index in [2.05, 4.69) is 30.5 Å². The molecule has 0 saturated carbocycles. The number of carbonyl (C=O) groups excluding carboxylic acids is 1. The Kier molecular flexibility index (Phi) is 5.53. The highest BCUT2D eigenvalue weighted by Crippen LogP contribution is 2.34. The Morgan fingerprint density at radius 2 is 1.63 bits per heavy atom. The van der Waals surface area contributed by atoms with E-state index >= 15 is 0 Å². The lowest BCUT2D eigenvalue weighted by molar-refractivity contribution is -0.145. The number of aromatic nitrogens is 2. The minimum Gasteiger partial charge on any atom is -0.481 e. The molecule has 2 aromatic carbocycles. The quantitative estimate of drug-likeness (QED) is 0.415. The van der Waals surface area contributed by atoms with Gasteiger partial charge in [-0.05, 0) is 62.6 Å². The Labute approximate surface area is 175 Å². The van der Waals surface area contributed by atoms with Crippen LogP contribution < -0.4 is 4.74 Å². The molecule has 4 rings (SSSR count). The first-order chi connectivity index (χ1) is 14.6. The van der Waals surface area contributed by atoms with Gasteiger partial charge in [0.2, 0.25) is 0 Å². The Morgan fingerprint density at radius 3 is 2.37 bits per heavy atom. The molecule has 152 valence electrons. The molecule has 2 aromatic heterocycles. The van der Waals surface area contributed by atoms with Gasteiger partial charge in [-0.2, -0.15) is 0 Å². The number of esters is 1. The molecule has 30 heavy (non-hydrogen) atoms. The number of ether oxygens (including phenoxy) is 2. The van der Waals surface area contributed by atoms with Crippen LogP contribution in [0.4, 0.5) is 0 Å². The summed E-state index contributed by atoms with van der Waals surface area (Å²) in [6.07, 6.45) is 0. The number of hydrogen-bond donors (Lipinski definition) is 0. The zero-order chi connectivity index (χ0) is 21.1. The van der Waals surface area contributed by atoms with Crippen LogP contribution in [-0.4, -0.2) is 28.7 Å². The van der Waals surface area contributed by atoms with Gasteiger partial charge in [0.1, 0.15) is 11.6 Å². The van der Waals surface area contributed by atoms with E-state index in [1.54, 1.807) is 6.92 Å². The van der Waals surface area contributed by atoms with E-state index < -0.39 is 0 Å². The molecule has 0 amide bonds. The lowest BCUT2D eigenvalue weighted by atomic mass is 10.0. The molecule has 5 nitrogen and oxygen atoms in total. The van der Waals surface area contributed by atoms with Crippen molar-refractivity contribution in [2.24, 2.45) is 0 Å². The molecule has 0 N–H and O–H groups in total. The van der Waals surface area contributed by atoms with Crippen LogP contribution >= 0.6 is 0 Å². The molecule has 0 aliphatic rings. The first-order valence-electron chi connectivity index (χ1n) is 10.0. The molecule has 2 heterocycles. The summed E-state index contributed by atoms with van der Waals surface area (Å²) in [4.78, 5) is 16.6. The van der Waals surface area contributed by atoms with Gasteiger partial charge in [0.25, 0.3) is 0 Å². The largest absolute Gasteiger partial charge is 0.481 e.